The Morgan fingerprint density at radius 2 is 2.00 bits per heavy atom. The normalized spacial score (nSPS) is 24.5. The van der Waals surface area contributed by atoms with E-state index in [0.29, 0.717) is 25.0 Å². The number of anilines is 1. The van der Waals surface area contributed by atoms with Crippen molar-refractivity contribution in [3.8, 4) is 0 Å². The van der Waals surface area contributed by atoms with Crippen LogP contribution in [-0.2, 0) is 4.79 Å². The summed E-state index contributed by atoms with van der Waals surface area (Å²) in [6, 6.07) is 9.05. The summed E-state index contributed by atoms with van der Waals surface area (Å²) in [4.78, 5) is 24.3. The van der Waals surface area contributed by atoms with Crippen LogP contribution in [0.15, 0.2) is 24.3 Å². The third-order valence-electron chi connectivity index (χ3n) is 6.07. The maximum Gasteiger partial charge on any atom is 0.224 e. The molecule has 7 heteroatoms. The molecule has 2 atom stereocenters. The fraction of sp³-hybridized carbons (Fsp3) is 0.600. The van der Waals surface area contributed by atoms with Crippen LogP contribution < -0.4 is 10.6 Å². The molecule has 1 aromatic heterocycles. The summed E-state index contributed by atoms with van der Waals surface area (Å²) in [6.45, 7) is 4.13. The Kier molecular flexibility index (Phi) is 5.61. The number of fused-ring (bicyclic) bond motifs is 1. The largest absolute Gasteiger partial charge is 0.346 e. The number of thiazole rings is 1. The lowest BCUT2D eigenvalue weighted by molar-refractivity contribution is -0.132. The van der Waals surface area contributed by atoms with Crippen LogP contribution in [0.25, 0.3) is 10.2 Å². The van der Waals surface area contributed by atoms with Gasteiger partial charge in [-0.25, -0.2) is 4.98 Å². The zero-order chi connectivity index (χ0) is 18.8. The van der Waals surface area contributed by atoms with Crippen molar-refractivity contribution in [2.45, 2.75) is 37.8 Å². The van der Waals surface area contributed by atoms with Crippen molar-refractivity contribution in [3.05, 3.63) is 24.3 Å². The number of para-hydroxylation sites is 1. The topological polar surface area (TPSA) is 65.7 Å². The molecule has 27 heavy (non-hydrogen) atoms. The summed E-state index contributed by atoms with van der Waals surface area (Å²) in [5.74, 6) is 0.288. The summed E-state index contributed by atoms with van der Waals surface area (Å²) < 4.78 is 1.23. The van der Waals surface area contributed by atoms with Gasteiger partial charge in [0.15, 0.2) is 5.13 Å². The molecule has 2 aliphatic rings. The Morgan fingerprint density at radius 3 is 2.78 bits per heavy atom. The van der Waals surface area contributed by atoms with E-state index in [9.17, 15) is 4.79 Å². The van der Waals surface area contributed by atoms with Gasteiger partial charge in [-0.1, -0.05) is 23.5 Å². The molecule has 0 spiro atoms. The van der Waals surface area contributed by atoms with Gasteiger partial charge in [-0.05, 0) is 38.4 Å². The van der Waals surface area contributed by atoms with Gasteiger partial charge < -0.3 is 15.5 Å². The Bertz CT molecular complexity index is 761. The second-order valence-corrected chi connectivity index (χ2v) is 8.68. The summed E-state index contributed by atoms with van der Waals surface area (Å²) in [6.07, 6.45) is 3.80. The van der Waals surface area contributed by atoms with Crippen molar-refractivity contribution < 1.29 is 4.79 Å². The molecule has 2 fully saturated rings. The molecule has 2 aromatic rings. The fourth-order valence-electron chi connectivity index (χ4n) is 4.30. The van der Waals surface area contributed by atoms with Crippen LogP contribution in [0.1, 0.15) is 25.7 Å². The maximum atomic E-state index is 12.9. The SMILES string of the molecule is CN1[C@@H](CN)CC[C@H]1CC(=O)N1CCCN(c2nc3ccccc3s2)CC1. The van der Waals surface area contributed by atoms with Crippen molar-refractivity contribution in [2.75, 3.05) is 44.7 Å². The number of nitrogens with zero attached hydrogens (tertiary/aromatic N) is 4. The molecule has 4 rings (SSSR count). The summed E-state index contributed by atoms with van der Waals surface area (Å²) in [5, 5.41) is 1.08. The first-order valence-corrected chi connectivity index (χ1v) is 10.8. The molecule has 3 heterocycles. The Morgan fingerprint density at radius 1 is 1.19 bits per heavy atom. The molecule has 2 saturated heterocycles. The summed E-state index contributed by atoms with van der Waals surface area (Å²) in [7, 11) is 2.11. The first kappa shape index (κ1) is 18.7. The second kappa shape index (κ2) is 8.12. The van der Waals surface area contributed by atoms with E-state index < -0.39 is 0 Å². The van der Waals surface area contributed by atoms with Gasteiger partial charge in [-0.3, -0.25) is 9.69 Å². The maximum absolute atomic E-state index is 12.9. The number of likely N-dealkylation sites (tertiary alicyclic amines) is 1. The monoisotopic (exact) mass is 387 g/mol. The molecule has 0 unspecified atom stereocenters. The molecule has 0 saturated carbocycles. The van der Waals surface area contributed by atoms with Gasteiger partial charge in [0.1, 0.15) is 0 Å². The highest BCUT2D eigenvalue weighted by Crippen LogP contribution is 2.29. The average molecular weight is 388 g/mol. The molecule has 0 bridgehead atoms. The molecule has 2 aliphatic heterocycles. The smallest absolute Gasteiger partial charge is 0.224 e. The third-order valence-corrected chi connectivity index (χ3v) is 7.17. The number of amides is 1. The van der Waals surface area contributed by atoms with Crippen LogP contribution in [-0.4, -0.2) is 72.5 Å². The number of hydrogen-bond donors (Lipinski definition) is 1. The standard InChI is InChI=1S/C20H29N5OS/c1-23-15(7-8-16(23)14-21)13-19(26)24-9-4-10-25(12-11-24)20-22-17-5-2-3-6-18(17)27-20/h2-3,5-6,15-16H,4,7-14,21H2,1H3/t15-,16+/m0/s1. The molecular formula is C20H29N5OS. The van der Waals surface area contributed by atoms with Crippen LogP contribution in [0, 0.1) is 0 Å². The van der Waals surface area contributed by atoms with E-state index in [4.69, 9.17) is 10.7 Å². The van der Waals surface area contributed by atoms with Crippen molar-refractivity contribution in [1.29, 1.82) is 0 Å². The Balaban J connectivity index is 1.36. The van der Waals surface area contributed by atoms with E-state index in [1.54, 1.807) is 11.3 Å². The number of rotatable bonds is 4. The van der Waals surface area contributed by atoms with E-state index in [1.807, 2.05) is 6.07 Å². The first-order valence-electron chi connectivity index (χ1n) is 9.96. The molecular weight excluding hydrogens is 358 g/mol. The molecule has 0 aliphatic carbocycles. The summed E-state index contributed by atoms with van der Waals surface area (Å²) >= 11 is 1.74. The highest BCUT2D eigenvalue weighted by Gasteiger charge is 2.32. The van der Waals surface area contributed by atoms with Crippen LogP contribution in [0.3, 0.4) is 0 Å². The number of aromatic nitrogens is 1. The van der Waals surface area contributed by atoms with E-state index in [2.05, 4.69) is 39.9 Å². The highest BCUT2D eigenvalue weighted by atomic mass is 32.1. The lowest BCUT2D eigenvalue weighted by atomic mass is 10.1. The fourth-order valence-corrected chi connectivity index (χ4v) is 5.32. The number of nitrogens with two attached hydrogens (primary N) is 1. The molecule has 1 amide bonds. The minimum atomic E-state index is 0.288. The summed E-state index contributed by atoms with van der Waals surface area (Å²) in [5.41, 5.74) is 6.90. The molecule has 146 valence electrons. The quantitative estimate of drug-likeness (QED) is 0.871. The Labute approximate surface area is 164 Å². The van der Waals surface area contributed by atoms with Crippen LogP contribution in [0.2, 0.25) is 0 Å². The zero-order valence-corrected chi connectivity index (χ0v) is 16.8. The minimum Gasteiger partial charge on any atom is -0.346 e. The van der Waals surface area contributed by atoms with E-state index in [-0.39, 0.29) is 5.91 Å². The number of carbonyl (C=O) groups excluding carboxylic acids is 1. The van der Waals surface area contributed by atoms with Gasteiger partial charge in [-0.2, -0.15) is 0 Å². The van der Waals surface area contributed by atoms with Crippen LogP contribution in [0.4, 0.5) is 5.13 Å². The van der Waals surface area contributed by atoms with Crippen molar-refractivity contribution in [1.82, 2.24) is 14.8 Å². The Hall–Kier alpha value is -1.70. The van der Waals surface area contributed by atoms with Crippen molar-refractivity contribution >= 4 is 32.6 Å². The second-order valence-electron chi connectivity index (χ2n) is 7.68. The number of carbonyl (C=O) groups is 1. The number of likely N-dealkylation sites (N-methyl/N-ethyl adjacent to an activating group) is 1. The molecule has 0 radical (unpaired) electrons. The van der Waals surface area contributed by atoms with Gasteiger partial charge in [0.25, 0.3) is 0 Å². The highest BCUT2D eigenvalue weighted by molar-refractivity contribution is 7.22. The lowest BCUT2D eigenvalue weighted by Crippen LogP contribution is -2.41. The molecule has 2 N–H and O–H groups in total. The van der Waals surface area contributed by atoms with Gasteiger partial charge in [0.05, 0.1) is 10.2 Å². The minimum absolute atomic E-state index is 0.288. The van der Waals surface area contributed by atoms with Gasteiger partial charge in [0, 0.05) is 51.2 Å². The van der Waals surface area contributed by atoms with Gasteiger partial charge in [-0.15, -0.1) is 0 Å². The van der Waals surface area contributed by atoms with E-state index in [0.717, 1.165) is 56.1 Å². The van der Waals surface area contributed by atoms with Gasteiger partial charge >= 0.3 is 0 Å². The zero-order valence-electron chi connectivity index (χ0n) is 16.0. The number of benzene rings is 1. The number of hydrogen-bond acceptors (Lipinski definition) is 6. The first-order chi connectivity index (χ1) is 13.2. The predicted molar refractivity (Wildman–Crippen MR) is 111 cm³/mol. The van der Waals surface area contributed by atoms with E-state index >= 15 is 0 Å². The average Bonchev–Trinajstić information content (AvgIpc) is 3.16. The van der Waals surface area contributed by atoms with E-state index in [1.165, 1.54) is 4.70 Å². The van der Waals surface area contributed by atoms with Crippen LogP contribution >= 0.6 is 11.3 Å². The van der Waals surface area contributed by atoms with Crippen molar-refractivity contribution in [3.63, 3.8) is 0 Å². The van der Waals surface area contributed by atoms with Crippen LogP contribution in [0.5, 0.6) is 0 Å². The molecule has 6 nitrogen and oxygen atoms in total. The van der Waals surface area contributed by atoms with Gasteiger partial charge in [0.2, 0.25) is 5.91 Å². The third kappa shape index (κ3) is 3.95. The molecule has 1 aromatic carbocycles. The van der Waals surface area contributed by atoms with Crippen molar-refractivity contribution in [2.24, 2.45) is 5.73 Å². The predicted octanol–water partition coefficient (Wildman–Crippen LogP) is 2.15. The lowest BCUT2D eigenvalue weighted by Gasteiger charge is -2.27.